The Hall–Kier alpha value is -3.81. The summed E-state index contributed by atoms with van der Waals surface area (Å²) in [5, 5.41) is 8.03. The number of ether oxygens (including phenoxy) is 1. The van der Waals surface area contributed by atoms with Gasteiger partial charge in [0.2, 0.25) is 5.88 Å². The van der Waals surface area contributed by atoms with Crippen molar-refractivity contribution in [1.82, 2.24) is 25.1 Å². The molecule has 1 unspecified atom stereocenters. The molecule has 0 saturated carbocycles. The van der Waals surface area contributed by atoms with Gasteiger partial charge in [0.1, 0.15) is 11.4 Å². The molecule has 164 valence electrons. The summed E-state index contributed by atoms with van der Waals surface area (Å²) in [7, 11) is 1.72. The average molecular weight is 433 g/mol. The molecule has 1 aromatic carbocycles. The number of nitrogens with zero attached hydrogens (tertiary/aromatic N) is 4. The summed E-state index contributed by atoms with van der Waals surface area (Å²) >= 11 is 0. The largest absolute Gasteiger partial charge is 0.468 e. The number of benzene rings is 1. The van der Waals surface area contributed by atoms with Gasteiger partial charge in [-0.1, -0.05) is 29.8 Å². The van der Waals surface area contributed by atoms with Gasteiger partial charge in [0.25, 0.3) is 5.91 Å². The van der Waals surface area contributed by atoms with Gasteiger partial charge in [-0.15, -0.1) is 0 Å². The maximum absolute atomic E-state index is 14.3. The van der Waals surface area contributed by atoms with Gasteiger partial charge in [-0.25, -0.2) is 9.07 Å². The molecule has 1 amide bonds. The fraction of sp³-hybridized carbons (Fsp3) is 0.250. The summed E-state index contributed by atoms with van der Waals surface area (Å²) in [5.41, 5.74) is 4.09. The zero-order chi connectivity index (χ0) is 22.8. The Bertz CT molecular complexity index is 1280. The SMILES string of the molecule is Cc1ccc(C(C)NC(=O)COc2cc(C)c3c(-c4ncccc4F)nn(C)c3n2)cc1. The number of pyridine rings is 2. The monoisotopic (exact) mass is 433 g/mol. The quantitative estimate of drug-likeness (QED) is 0.496. The standard InChI is InChI=1S/C24H24FN5O2/c1-14-7-9-17(10-8-14)16(3)27-19(31)13-32-20-12-15(2)21-23(29-30(4)24(21)28-20)22-18(25)6-5-11-26-22/h5-12,16H,13H2,1-4H3,(H,27,31). The van der Waals surface area contributed by atoms with Crippen molar-refractivity contribution in [2.75, 3.05) is 6.61 Å². The van der Waals surface area contributed by atoms with E-state index in [1.54, 1.807) is 17.8 Å². The Morgan fingerprint density at radius 2 is 1.94 bits per heavy atom. The smallest absolute Gasteiger partial charge is 0.258 e. The number of nitrogens with one attached hydrogen (secondary N) is 1. The molecular weight excluding hydrogens is 409 g/mol. The fourth-order valence-electron chi connectivity index (χ4n) is 3.56. The molecule has 0 radical (unpaired) electrons. The Morgan fingerprint density at radius 3 is 2.66 bits per heavy atom. The van der Waals surface area contributed by atoms with Crippen molar-refractivity contribution in [1.29, 1.82) is 0 Å². The van der Waals surface area contributed by atoms with Gasteiger partial charge in [-0.05, 0) is 44.0 Å². The predicted octanol–water partition coefficient (Wildman–Crippen LogP) is 4.04. The number of fused-ring (bicyclic) bond motifs is 1. The van der Waals surface area contributed by atoms with Gasteiger partial charge >= 0.3 is 0 Å². The van der Waals surface area contributed by atoms with Crippen molar-refractivity contribution < 1.29 is 13.9 Å². The molecule has 0 saturated heterocycles. The minimum Gasteiger partial charge on any atom is -0.468 e. The van der Waals surface area contributed by atoms with Crippen LogP contribution in [-0.2, 0) is 11.8 Å². The summed E-state index contributed by atoms with van der Waals surface area (Å²) in [6.45, 7) is 5.63. The van der Waals surface area contributed by atoms with Gasteiger partial charge < -0.3 is 10.1 Å². The molecule has 1 atom stereocenters. The lowest BCUT2D eigenvalue weighted by Gasteiger charge is -2.15. The summed E-state index contributed by atoms with van der Waals surface area (Å²) in [6, 6.07) is 12.5. The van der Waals surface area contributed by atoms with Crippen molar-refractivity contribution >= 4 is 16.9 Å². The minimum absolute atomic E-state index is 0.142. The Kier molecular flexibility index (Phi) is 5.85. The van der Waals surface area contributed by atoms with E-state index >= 15 is 0 Å². The third-order valence-electron chi connectivity index (χ3n) is 5.26. The highest BCUT2D eigenvalue weighted by molar-refractivity contribution is 5.93. The van der Waals surface area contributed by atoms with E-state index < -0.39 is 5.82 Å². The normalized spacial score (nSPS) is 12.0. The number of aromatic nitrogens is 4. The first-order valence-electron chi connectivity index (χ1n) is 10.3. The maximum atomic E-state index is 14.3. The van der Waals surface area contributed by atoms with E-state index in [0.29, 0.717) is 22.6 Å². The number of hydrogen-bond acceptors (Lipinski definition) is 5. The first kappa shape index (κ1) is 21.4. The number of rotatable bonds is 6. The van der Waals surface area contributed by atoms with Gasteiger partial charge in [0, 0.05) is 19.3 Å². The van der Waals surface area contributed by atoms with E-state index in [4.69, 9.17) is 4.74 Å². The molecule has 3 aromatic heterocycles. The molecule has 0 aliphatic rings. The van der Waals surface area contributed by atoms with Crippen LogP contribution < -0.4 is 10.1 Å². The number of hydrogen-bond donors (Lipinski definition) is 1. The van der Waals surface area contributed by atoms with Crippen LogP contribution in [0, 0.1) is 19.7 Å². The molecule has 1 N–H and O–H groups in total. The van der Waals surface area contributed by atoms with Crippen LogP contribution in [0.15, 0.2) is 48.7 Å². The lowest BCUT2D eigenvalue weighted by Crippen LogP contribution is -2.31. The highest BCUT2D eigenvalue weighted by Gasteiger charge is 2.20. The summed E-state index contributed by atoms with van der Waals surface area (Å²) in [4.78, 5) is 21.0. The average Bonchev–Trinajstić information content (AvgIpc) is 3.10. The van der Waals surface area contributed by atoms with Gasteiger partial charge in [-0.2, -0.15) is 10.1 Å². The van der Waals surface area contributed by atoms with Gasteiger partial charge in [0.05, 0.1) is 11.4 Å². The Morgan fingerprint density at radius 1 is 1.19 bits per heavy atom. The molecule has 0 spiro atoms. The minimum atomic E-state index is -0.452. The molecule has 0 aliphatic heterocycles. The molecule has 4 rings (SSSR count). The number of carbonyl (C=O) groups is 1. The van der Waals surface area contributed by atoms with Crippen molar-refractivity contribution in [2.45, 2.75) is 26.8 Å². The molecule has 7 nitrogen and oxygen atoms in total. The zero-order valence-electron chi connectivity index (χ0n) is 18.4. The van der Waals surface area contributed by atoms with Crippen LogP contribution >= 0.6 is 0 Å². The number of amides is 1. The first-order chi connectivity index (χ1) is 15.3. The van der Waals surface area contributed by atoms with Crippen LogP contribution in [0.25, 0.3) is 22.4 Å². The second-order valence-corrected chi connectivity index (χ2v) is 7.77. The highest BCUT2D eigenvalue weighted by atomic mass is 19.1. The summed E-state index contributed by atoms with van der Waals surface area (Å²) < 4.78 is 21.5. The lowest BCUT2D eigenvalue weighted by molar-refractivity contribution is -0.123. The summed E-state index contributed by atoms with van der Waals surface area (Å²) in [5.74, 6) is -0.408. The first-order valence-corrected chi connectivity index (χ1v) is 10.3. The maximum Gasteiger partial charge on any atom is 0.258 e. The van der Waals surface area contributed by atoms with Crippen LogP contribution in [0.2, 0.25) is 0 Å². The highest BCUT2D eigenvalue weighted by Crippen LogP contribution is 2.31. The fourth-order valence-corrected chi connectivity index (χ4v) is 3.56. The molecule has 0 bridgehead atoms. The molecular formula is C24H24FN5O2. The molecule has 3 heterocycles. The van der Waals surface area contributed by atoms with Gasteiger partial charge in [-0.3, -0.25) is 9.78 Å². The zero-order valence-corrected chi connectivity index (χ0v) is 18.4. The summed E-state index contributed by atoms with van der Waals surface area (Å²) in [6.07, 6.45) is 1.52. The number of halogens is 1. The van der Waals surface area contributed by atoms with Crippen LogP contribution in [0.5, 0.6) is 5.88 Å². The van der Waals surface area contributed by atoms with E-state index in [0.717, 1.165) is 16.7 Å². The van der Waals surface area contributed by atoms with E-state index in [1.165, 1.54) is 18.3 Å². The van der Waals surface area contributed by atoms with E-state index in [9.17, 15) is 9.18 Å². The van der Waals surface area contributed by atoms with Crippen molar-refractivity contribution in [3.05, 3.63) is 71.2 Å². The van der Waals surface area contributed by atoms with Crippen molar-refractivity contribution in [3.8, 4) is 17.3 Å². The van der Waals surface area contributed by atoms with E-state index in [-0.39, 0.29) is 24.2 Å². The topological polar surface area (TPSA) is 81.9 Å². The van der Waals surface area contributed by atoms with Crippen LogP contribution in [0.1, 0.15) is 29.7 Å². The van der Waals surface area contributed by atoms with Crippen molar-refractivity contribution in [3.63, 3.8) is 0 Å². The molecule has 8 heteroatoms. The van der Waals surface area contributed by atoms with Crippen LogP contribution in [-0.4, -0.2) is 32.3 Å². The van der Waals surface area contributed by atoms with E-state index in [1.807, 2.05) is 45.0 Å². The second kappa shape index (κ2) is 8.74. The second-order valence-electron chi connectivity index (χ2n) is 7.77. The molecule has 4 aromatic rings. The molecule has 0 aliphatic carbocycles. The molecule has 32 heavy (non-hydrogen) atoms. The Labute approximate surface area is 185 Å². The van der Waals surface area contributed by atoms with E-state index in [2.05, 4.69) is 20.4 Å². The van der Waals surface area contributed by atoms with Crippen molar-refractivity contribution in [2.24, 2.45) is 7.05 Å². The lowest BCUT2D eigenvalue weighted by atomic mass is 10.1. The van der Waals surface area contributed by atoms with Crippen LogP contribution in [0.3, 0.4) is 0 Å². The predicted molar refractivity (Wildman–Crippen MR) is 120 cm³/mol. The number of carbonyl (C=O) groups excluding carboxylic acids is 1. The molecule has 0 fully saturated rings. The van der Waals surface area contributed by atoms with Gasteiger partial charge in [0.15, 0.2) is 18.1 Å². The number of aryl methyl sites for hydroxylation is 3. The Balaban J connectivity index is 1.51. The third-order valence-corrected chi connectivity index (χ3v) is 5.26. The van der Waals surface area contributed by atoms with Crippen LogP contribution in [0.4, 0.5) is 4.39 Å². The third kappa shape index (κ3) is 4.30.